The lowest BCUT2D eigenvalue weighted by Crippen LogP contribution is -2.16. The van der Waals surface area contributed by atoms with E-state index in [0.29, 0.717) is 24.5 Å². The van der Waals surface area contributed by atoms with Crippen molar-refractivity contribution >= 4 is 23.2 Å². The second-order valence-electron chi connectivity index (χ2n) is 7.30. The van der Waals surface area contributed by atoms with Gasteiger partial charge in [-0.1, -0.05) is 11.6 Å². The van der Waals surface area contributed by atoms with E-state index in [1.54, 1.807) is 0 Å². The number of rotatable bonds is 4. The zero-order valence-electron chi connectivity index (χ0n) is 16.6. The van der Waals surface area contributed by atoms with E-state index in [9.17, 15) is 31.5 Å². The van der Waals surface area contributed by atoms with Gasteiger partial charge in [0, 0.05) is 29.6 Å². The number of aromatic amines is 1. The zero-order chi connectivity index (χ0) is 23.9. The summed E-state index contributed by atoms with van der Waals surface area (Å²) in [5.41, 5.74) is -1.72. The van der Waals surface area contributed by atoms with Gasteiger partial charge in [-0.3, -0.25) is 9.59 Å². The topological polar surface area (TPSA) is 71.2 Å². The van der Waals surface area contributed by atoms with Gasteiger partial charge >= 0.3 is 6.18 Å². The molecule has 4 rings (SSSR count). The molecular weight excluding hydrogens is 471 g/mol. The molecule has 0 radical (unpaired) electrons. The number of ether oxygens (including phenoxy) is 1. The second kappa shape index (κ2) is 8.51. The van der Waals surface area contributed by atoms with E-state index in [-0.39, 0.29) is 23.4 Å². The first kappa shape index (κ1) is 22.8. The minimum Gasteiger partial charge on any atom is -0.456 e. The van der Waals surface area contributed by atoms with Gasteiger partial charge in [0.15, 0.2) is 11.6 Å². The third-order valence-electron chi connectivity index (χ3n) is 5.12. The Bertz CT molecular complexity index is 1320. The van der Waals surface area contributed by atoms with Crippen molar-refractivity contribution in [2.24, 2.45) is 0 Å². The number of H-pyrrole nitrogens is 1. The van der Waals surface area contributed by atoms with Crippen LogP contribution < -0.4 is 15.6 Å². The number of alkyl halides is 3. The minimum absolute atomic E-state index is 0.0689. The van der Waals surface area contributed by atoms with Crippen LogP contribution >= 0.6 is 11.6 Å². The molecule has 11 heteroatoms. The van der Waals surface area contributed by atoms with Crippen LogP contribution in [-0.4, -0.2) is 10.9 Å². The predicted octanol–water partition coefficient (Wildman–Crippen LogP) is 5.86. The van der Waals surface area contributed by atoms with Crippen molar-refractivity contribution < 1.29 is 31.5 Å². The average molecular weight is 485 g/mol. The van der Waals surface area contributed by atoms with E-state index in [0.717, 1.165) is 18.2 Å². The van der Waals surface area contributed by atoms with Crippen LogP contribution in [0.2, 0.25) is 5.02 Å². The molecule has 0 aliphatic heterocycles. The van der Waals surface area contributed by atoms with Crippen molar-refractivity contribution in [3.63, 3.8) is 0 Å². The number of hydrogen-bond donors (Lipinski definition) is 2. The number of nitrogens with one attached hydrogen (secondary N) is 2. The highest BCUT2D eigenvalue weighted by atomic mass is 35.5. The Morgan fingerprint density at radius 1 is 1.06 bits per heavy atom. The van der Waals surface area contributed by atoms with Gasteiger partial charge in [-0.2, -0.15) is 13.2 Å². The lowest BCUT2D eigenvalue weighted by atomic mass is 10.1. The van der Waals surface area contributed by atoms with E-state index >= 15 is 0 Å². The molecule has 1 aliphatic carbocycles. The fraction of sp³-hybridized carbons (Fsp3) is 0.182. The fourth-order valence-electron chi connectivity index (χ4n) is 3.63. The number of amides is 1. The van der Waals surface area contributed by atoms with Gasteiger partial charge in [-0.15, -0.1) is 0 Å². The largest absolute Gasteiger partial charge is 0.456 e. The quantitative estimate of drug-likeness (QED) is 0.456. The number of halogens is 6. The summed E-state index contributed by atoms with van der Waals surface area (Å²) >= 11 is 5.78. The molecule has 0 saturated carbocycles. The molecule has 2 aromatic carbocycles. The van der Waals surface area contributed by atoms with Crippen LogP contribution in [0, 0.1) is 11.6 Å². The first-order chi connectivity index (χ1) is 15.5. The highest BCUT2D eigenvalue weighted by Gasteiger charge is 2.35. The highest BCUT2D eigenvalue weighted by molar-refractivity contribution is 6.32. The molecule has 0 fully saturated rings. The number of pyridine rings is 1. The zero-order valence-corrected chi connectivity index (χ0v) is 17.3. The molecule has 172 valence electrons. The molecule has 1 heterocycles. The molecule has 1 aromatic heterocycles. The van der Waals surface area contributed by atoms with Crippen LogP contribution in [0.3, 0.4) is 0 Å². The maximum atomic E-state index is 14.1. The number of fused-ring (bicyclic) bond motifs is 1. The molecule has 0 spiro atoms. The molecule has 3 aromatic rings. The Labute approximate surface area is 188 Å². The predicted molar refractivity (Wildman–Crippen MR) is 110 cm³/mol. The van der Waals surface area contributed by atoms with Crippen molar-refractivity contribution in [3.8, 4) is 11.5 Å². The molecule has 5 nitrogen and oxygen atoms in total. The maximum Gasteiger partial charge on any atom is 0.417 e. The average Bonchev–Trinajstić information content (AvgIpc) is 3.22. The number of carbonyl (C=O) groups excluding carboxylic acids is 1. The van der Waals surface area contributed by atoms with Crippen molar-refractivity contribution in [3.05, 3.63) is 85.8 Å². The summed E-state index contributed by atoms with van der Waals surface area (Å²) in [4.78, 5) is 26.6. The second-order valence-corrected chi connectivity index (χ2v) is 7.71. The summed E-state index contributed by atoms with van der Waals surface area (Å²) in [6.07, 6.45) is -2.52. The van der Waals surface area contributed by atoms with Crippen LogP contribution in [0.4, 0.5) is 27.6 Å². The monoisotopic (exact) mass is 484 g/mol. The van der Waals surface area contributed by atoms with Gasteiger partial charge in [0.05, 0.1) is 16.1 Å². The van der Waals surface area contributed by atoms with Crippen LogP contribution in [0.1, 0.15) is 33.5 Å². The Morgan fingerprint density at radius 2 is 1.79 bits per heavy atom. The van der Waals surface area contributed by atoms with Crippen molar-refractivity contribution in [1.82, 2.24) is 4.98 Å². The first-order valence-electron chi connectivity index (χ1n) is 9.63. The maximum absolute atomic E-state index is 14.1. The number of benzene rings is 2. The van der Waals surface area contributed by atoms with E-state index in [1.165, 1.54) is 12.3 Å². The number of hydrogen-bond acceptors (Lipinski definition) is 3. The summed E-state index contributed by atoms with van der Waals surface area (Å²) in [6, 6.07) is 4.44. The first-order valence-corrected chi connectivity index (χ1v) is 10.0. The molecule has 0 saturated heterocycles. The summed E-state index contributed by atoms with van der Waals surface area (Å²) in [5.74, 6) is -3.93. The van der Waals surface area contributed by atoms with Crippen LogP contribution in [0.15, 0.2) is 41.3 Å². The van der Waals surface area contributed by atoms with Crippen LogP contribution in [0.25, 0.3) is 0 Å². The number of aromatic nitrogens is 1. The van der Waals surface area contributed by atoms with E-state index in [2.05, 4.69) is 10.3 Å². The van der Waals surface area contributed by atoms with Crippen molar-refractivity contribution in [1.29, 1.82) is 0 Å². The molecule has 1 aliphatic rings. The summed E-state index contributed by atoms with van der Waals surface area (Å²) in [5, 5.41) is 1.61. The van der Waals surface area contributed by atoms with Crippen molar-refractivity contribution in [2.45, 2.75) is 25.4 Å². The molecule has 0 bridgehead atoms. The normalized spacial score (nSPS) is 13.0. The van der Waals surface area contributed by atoms with Gasteiger partial charge in [-0.05, 0) is 43.0 Å². The Kier molecular flexibility index (Phi) is 5.87. The summed E-state index contributed by atoms with van der Waals surface area (Å²) in [6.45, 7) is 0. The Balaban J connectivity index is 1.81. The highest BCUT2D eigenvalue weighted by Crippen LogP contribution is 2.42. The van der Waals surface area contributed by atoms with E-state index < -0.39 is 51.2 Å². The lowest BCUT2D eigenvalue weighted by Gasteiger charge is -2.18. The van der Waals surface area contributed by atoms with E-state index in [1.807, 2.05) is 0 Å². The van der Waals surface area contributed by atoms with Gasteiger partial charge in [0.1, 0.15) is 11.5 Å². The van der Waals surface area contributed by atoms with Gasteiger partial charge < -0.3 is 15.0 Å². The summed E-state index contributed by atoms with van der Waals surface area (Å²) in [7, 11) is 0. The molecule has 1 amide bonds. The third kappa shape index (κ3) is 4.56. The Hall–Kier alpha value is -3.40. The van der Waals surface area contributed by atoms with Gasteiger partial charge in [0.2, 0.25) is 5.56 Å². The van der Waals surface area contributed by atoms with Crippen molar-refractivity contribution in [2.75, 3.05) is 5.32 Å². The minimum atomic E-state index is -4.87. The SMILES string of the molecule is O=C(Nc1cc[nH]c(=O)c1)c1cc(Cl)c(C(F)(F)F)cc1Oc1cc(F)c(F)c2c1CCC2. The lowest BCUT2D eigenvalue weighted by molar-refractivity contribution is -0.137. The molecular formula is C22H14ClF5N2O3. The fourth-order valence-corrected chi connectivity index (χ4v) is 3.90. The van der Waals surface area contributed by atoms with Crippen LogP contribution in [-0.2, 0) is 19.0 Å². The van der Waals surface area contributed by atoms with E-state index in [4.69, 9.17) is 16.3 Å². The smallest absolute Gasteiger partial charge is 0.417 e. The van der Waals surface area contributed by atoms with Crippen LogP contribution in [0.5, 0.6) is 11.5 Å². The molecule has 0 unspecified atom stereocenters. The summed E-state index contributed by atoms with van der Waals surface area (Å²) < 4.78 is 74.1. The number of carbonyl (C=O) groups is 1. The molecule has 33 heavy (non-hydrogen) atoms. The molecule has 0 atom stereocenters. The standard InChI is InChI=1S/C22H14ClF5N2O3/c23-15-7-13(21(32)30-10-4-5-29-19(31)6-10)17(8-14(15)22(26,27)28)33-18-9-16(24)20(25)12-3-1-2-11(12)18/h4-9H,1-3H2,(H2,29,30,31,32). The van der Waals surface area contributed by atoms with Gasteiger partial charge in [0.25, 0.3) is 5.91 Å². The third-order valence-corrected chi connectivity index (χ3v) is 5.43. The molecule has 2 N–H and O–H groups in total. The Morgan fingerprint density at radius 3 is 2.48 bits per heavy atom. The van der Waals surface area contributed by atoms with Gasteiger partial charge in [-0.25, -0.2) is 8.78 Å². The number of anilines is 1.